The summed E-state index contributed by atoms with van der Waals surface area (Å²) in [5.41, 5.74) is 1.46. The number of anilines is 1. The molecule has 1 saturated heterocycles. The summed E-state index contributed by atoms with van der Waals surface area (Å²) < 4.78 is 5.65. The third-order valence-electron chi connectivity index (χ3n) is 7.68. The van der Waals surface area contributed by atoms with Crippen molar-refractivity contribution in [2.24, 2.45) is 11.8 Å². The molecule has 45 heavy (non-hydrogen) atoms. The lowest BCUT2D eigenvalue weighted by Crippen LogP contribution is -2.55. The van der Waals surface area contributed by atoms with Crippen LogP contribution in [0.4, 0.5) is 15.3 Å². The number of rotatable bonds is 12. The fraction of sp³-hybridized carbons (Fsp3) is 0.452. The van der Waals surface area contributed by atoms with Gasteiger partial charge in [0.1, 0.15) is 12.1 Å². The van der Waals surface area contributed by atoms with Crippen molar-refractivity contribution >= 4 is 41.4 Å². The molecule has 2 aliphatic rings. The number of ether oxygens (including phenoxy) is 1. The van der Waals surface area contributed by atoms with Crippen molar-refractivity contribution in [3.05, 3.63) is 59.9 Å². The lowest BCUT2D eigenvalue weighted by atomic mass is 9.94. The second kappa shape index (κ2) is 15.1. The molecule has 2 aromatic rings. The molecule has 5 N–H and O–H groups in total. The van der Waals surface area contributed by atoms with Crippen molar-refractivity contribution in [1.82, 2.24) is 26.3 Å². The van der Waals surface area contributed by atoms with E-state index in [9.17, 15) is 33.9 Å². The van der Waals surface area contributed by atoms with Gasteiger partial charge in [-0.05, 0) is 43.4 Å². The zero-order valence-corrected chi connectivity index (χ0v) is 25.2. The van der Waals surface area contributed by atoms with E-state index in [1.54, 1.807) is 48.7 Å². The molecule has 0 radical (unpaired) electrons. The molecule has 5 amide bonds. The van der Waals surface area contributed by atoms with Crippen LogP contribution in [0.5, 0.6) is 0 Å². The fourth-order valence-electron chi connectivity index (χ4n) is 5.43. The fourth-order valence-corrected chi connectivity index (χ4v) is 5.43. The first kappa shape index (κ1) is 32.9. The first-order valence-corrected chi connectivity index (χ1v) is 14.9. The number of carbonyl (C=O) groups excluding carboxylic acids is 5. The highest BCUT2D eigenvalue weighted by molar-refractivity contribution is 6.38. The molecule has 4 atom stereocenters. The van der Waals surface area contributed by atoms with E-state index in [0.29, 0.717) is 29.9 Å². The molecule has 1 aromatic carbocycles. The molecule has 240 valence electrons. The molecule has 1 fully saturated rings. The third kappa shape index (κ3) is 8.77. The number of hydrogen-bond acceptors (Lipinski definition) is 8. The van der Waals surface area contributed by atoms with Gasteiger partial charge in [-0.25, -0.2) is 9.59 Å². The van der Waals surface area contributed by atoms with Gasteiger partial charge in [-0.3, -0.25) is 29.1 Å². The number of para-hydroxylation sites is 1. The molecule has 14 heteroatoms. The number of pyridine rings is 1. The molecule has 0 saturated carbocycles. The van der Waals surface area contributed by atoms with Gasteiger partial charge in [-0.1, -0.05) is 38.1 Å². The Morgan fingerprint density at radius 3 is 2.47 bits per heavy atom. The quantitative estimate of drug-likeness (QED) is 0.220. The van der Waals surface area contributed by atoms with Crippen LogP contribution in [-0.2, 0) is 30.5 Å². The predicted molar refractivity (Wildman–Crippen MR) is 161 cm³/mol. The highest BCUT2D eigenvalue weighted by Gasteiger charge is 2.36. The van der Waals surface area contributed by atoms with Gasteiger partial charge in [0.2, 0.25) is 17.6 Å². The van der Waals surface area contributed by atoms with Crippen molar-refractivity contribution in [3.8, 4) is 0 Å². The van der Waals surface area contributed by atoms with Crippen molar-refractivity contribution < 1.29 is 38.6 Å². The minimum Gasteiger partial charge on any atom is -0.465 e. The van der Waals surface area contributed by atoms with E-state index >= 15 is 0 Å². The normalized spacial score (nSPS) is 18.6. The van der Waals surface area contributed by atoms with Crippen LogP contribution in [0.1, 0.15) is 56.9 Å². The minimum atomic E-state index is -1.32. The first-order chi connectivity index (χ1) is 21.5. The van der Waals surface area contributed by atoms with Crippen LogP contribution >= 0.6 is 0 Å². The Hall–Kier alpha value is -5.01. The Morgan fingerprint density at radius 1 is 1.04 bits per heavy atom. The standard InChI is InChI=1S/C31H38N6O8/c1-18(2)15-23(36-30(42)45-25-11-14-37(31(43)44)24-9-4-3-8-21(24)25)28(40)35-22(16-19-10-13-33-27(19)39)26(38)29(41)34-17-20-7-5-6-12-32-20/h3-9,12,18-19,22-23,25H,10-11,13-17H2,1-2H3,(H,33,39)(H,34,41)(H,35,40)(H,36,42)(H,43,44)/t19-,22?,23?,25?/m0/s1. The van der Waals surface area contributed by atoms with E-state index in [1.807, 2.05) is 13.8 Å². The molecule has 0 bridgehead atoms. The van der Waals surface area contributed by atoms with Crippen LogP contribution in [0.3, 0.4) is 0 Å². The number of nitrogens with one attached hydrogen (secondary N) is 4. The highest BCUT2D eigenvalue weighted by Crippen LogP contribution is 2.36. The van der Waals surface area contributed by atoms with Crippen LogP contribution < -0.4 is 26.2 Å². The Bertz CT molecular complexity index is 1420. The number of carbonyl (C=O) groups is 6. The summed E-state index contributed by atoms with van der Waals surface area (Å²) in [6, 6.07) is 9.38. The van der Waals surface area contributed by atoms with E-state index in [4.69, 9.17) is 4.74 Å². The van der Waals surface area contributed by atoms with Crippen molar-refractivity contribution in [3.63, 3.8) is 0 Å². The van der Waals surface area contributed by atoms with Gasteiger partial charge in [-0.2, -0.15) is 0 Å². The molecule has 4 rings (SSSR count). The Morgan fingerprint density at radius 2 is 1.80 bits per heavy atom. The molecule has 14 nitrogen and oxygen atoms in total. The minimum absolute atomic E-state index is 0.00607. The van der Waals surface area contributed by atoms with Gasteiger partial charge in [-0.15, -0.1) is 0 Å². The summed E-state index contributed by atoms with van der Waals surface area (Å²) in [5.74, 6) is -3.49. The van der Waals surface area contributed by atoms with Crippen LogP contribution in [0.25, 0.3) is 0 Å². The zero-order chi connectivity index (χ0) is 32.5. The van der Waals surface area contributed by atoms with E-state index in [2.05, 4.69) is 26.3 Å². The maximum Gasteiger partial charge on any atom is 0.411 e. The number of fused-ring (bicyclic) bond motifs is 1. The summed E-state index contributed by atoms with van der Waals surface area (Å²) in [7, 11) is 0. The molecular formula is C31H38N6O8. The molecule has 0 spiro atoms. The monoisotopic (exact) mass is 622 g/mol. The zero-order valence-electron chi connectivity index (χ0n) is 25.2. The van der Waals surface area contributed by atoms with Gasteiger partial charge in [0.15, 0.2) is 0 Å². The lowest BCUT2D eigenvalue weighted by Gasteiger charge is -2.32. The maximum atomic E-state index is 13.5. The number of nitrogens with zero attached hydrogens (tertiary/aromatic N) is 2. The smallest absolute Gasteiger partial charge is 0.411 e. The molecular weight excluding hydrogens is 584 g/mol. The van der Waals surface area contributed by atoms with Gasteiger partial charge >= 0.3 is 12.2 Å². The van der Waals surface area contributed by atoms with Crippen LogP contribution in [0, 0.1) is 11.8 Å². The van der Waals surface area contributed by atoms with E-state index in [1.165, 1.54) is 4.90 Å². The van der Waals surface area contributed by atoms with Gasteiger partial charge in [0, 0.05) is 37.2 Å². The number of hydrogen-bond donors (Lipinski definition) is 5. The Labute approximate surface area is 260 Å². The molecule has 0 aliphatic carbocycles. The predicted octanol–water partition coefficient (Wildman–Crippen LogP) is 2.05. The first-order valence-electron chi connectivity index (χ1n) is 14.9. The van der Waals surface area contributed by atoms with Crippen LogP contribution in [0.2, 0.25) is 0 Å². The molecule has 3 heterocycles. The summed E-state index contributed by atoms with van der Waals surface area (Å²) in [6.07, 6.45) is -0.472. The summed E-state index contributed by atoms with van der Waals surface area (Å²) in [4.78, 5) is 82.0. The van der Waals surface area contributed by atoms with Crippen molar-refractivity contribution in [2.45, 2.75) is 64.3 Å². The average Bonchev–Trinajstić information content (AvgIpc) is 3.42. The number of aromatic nitrogens is 1. The molecule has 3 unspecified atom stereocenters. The van der Waals surface area contributed by atoms with Crippen molar-refractivity contribution in [2.75, 3.05) is 18.0 Å². The van der Waals surface area contributed by atoms with Gasteiger partial charge in [0.25, 0.3) is 5.91 Å². The van der Waals surface area contributed by atoms with Crippen LogP contribution in [0.15, 0.2) is 48.7 Å². The topological polar surface area (TPSA) is 196 Å². The van der Waals surface area contributed by atoms with Crippen molar-refractivity contribution in [1.29, 1.82) is 0 Å². The summed E-state index contributed by atoms with van der Waals surface area (Å²) >= 11 is 0. The van der Waals surface area contributed by atoms with E-state index in [0.717, 1.165) is 0 Å². The van der Waals surface area contributed by atoms with E-state index in [-0.39, 0.29) is 44.2 Å². The lowest BCUT2D eigenvalue weighted by molar-refractivity contribution is -0.141. The second-order valence-electron chi connectivity index (χ2n) is 11.4. The maximum absolute atomic E-state index is 13.5. The molecule has 2 aliphatic heterocycles. The van der Waals surface area contributed by atoms with Gasteiger partial charge < -0.3 is 31.1 Å². The summed E-state index contributed by atoms with van der Waals surface area (Å²) in [5, 5.41) is 19.9. The average molecular weight is 623 g/mol. The van der Waals surface area contributed by atoms with Crippen LogP contribution in [-0.4, -0.2) is 71.0 Å². The largest absolute Gasteiger partial charge is 0.465 e. The number of Topliss-reactive ketones (excluding diaryl/α,β-unsaturated/α-hetero) is 1. The second-order valence-corrected chi connectivity index (χ2v) is 11.4. The number of ketones is 1. The number of amides is 5. The number of alkyl carbamates (subject to hydrolysis) is 1. The SMILES string of the molecule is CC(C)CC(NC(=O)OC1CCN(C(=O)O)c2ccccc21)C(=O)NC(C[C@@H]1CCNC1=O)C(=O)C(=O)NCc1ccccn1. The highest BCUT2D eigenvalue weighted by atomic mass is 16.6. The number of benzene rings is 1. The third-order valence-corrected chi connectivity index (χ3v) is 7.68. The Balaban J connectivity index is 1.45. The van der Waals surface area contributed by atoms with Gasteiger partial charge in [0.05, 0.1) is 24.0 Å². The molecule has 1 aromatic heterocycles. The Kier molecular flexibility index (Phi) is 11.1. The van der Waals surface area contributed by atoms with E-state index < -0.39 is 53.9 Å². The summed E-state index contributed by atoms with van der Waals surface area (Å²) in [6.45, 7) is 4.22. The number of carboxylic acid groups (broad SMARTS) is 1.